The molecule has 0 atom stereocenters. The molecule has 0 aliphatic rings. The lowest BCUT2D eigenvalue weighted by atomic mass is 10.1. The quantitative estimate of drug-likeness (QED) is 0.707. The van der Waals surface area contributed by atoms with Crippen LogP contribution in [0.5, 0.6) is 0 Å². The van der Waals surface area contributed by atoms with Crippen LogP contribution in [-0.4, -0.2) is 24.0 Å². The maximum absolute atomic E-state index is 12.0. The van der Waals surface area contributed by atoms with Crippen molar-refractivity contribution in [3.63, 3.8) is 0 Å². The Kier molecular flexibility index (Phi) is 7.51. The van der Waals surface area contributed by atoms with Crippen LogP contribution in [0, 0.1) is 0 Å². The Labute approximate surface area is 126 Å². The Hall–Kier alpha value is -1.84. The van der Waals surface area contributed by atoms with Crippen molar-refractivity contribution >= 4 is 17.6 Å². The molecule has 1 aromatic carbocycles. The molecule has 0 saturated heterocycles. The number of hydrogen-bond acceptors (Lipinski definition) is 2. The van der Waals surface area contributed by atoms with Crippen LogP contribution in [-0.2, 0) is 16.0 Å². The molecule has 21 heavy (non-hydrogen) atoms. The zero-order chi connectivity index (χ0) is 15.7. The minimum absolute atomic E-state index is 0.0293. The van der Waals surface area contributed by atoms with Gasteiger partial charge in [0, 0.05) is 25.6 Å². The van der Waals surface area contributed by atoms with E-state index in [-0.39, 0.29) is 12.3 Å². The SMILES string of the molecule is CCCCc1ccc(N(C)C(=O)CCCCC(=O)O)cc1. The number of nitrogens with zero attached hydrogens (tertiary/aromatic N) is 1. The van der Waals surface area contributed by atoms with Crippen LogP contribution in [0.25, 0.3) is 0 Å². The molecule has 0 heterocycles. The van der Waals surface area contributed by atoms with E-state index in [1.165, 1.54) is 18.4 Å². The van der Waals surface area contributed by atoms with Crippen molar-refractivity contribution in [3.8, 4) is 0 Å². The van der Waals surface area contributed by atoms with Crippen LogP contribution in [0.2, 0.25) is 0 Å². The van der Waals surface area contributed by atoms with E-state index in [4.69, 9.17) is 5.11 Å². The molecule has 0 bridgehead atoms. The van der Waals surface area contributed by atoms with Gasteiger partial charge in [0.15, 0.2) is 0 Å². The van der Waals surface area contributed by atoms with E-state index >= 15 is 0 Å². The molecule has 4 heteroatoms. The molecular weight excluding hydrogens is 266 g/mol. The lowest BCUT2D eigenvalue weighted by Crippen LogP contribution is -2.25. The monoisotopic (exact) mass is 291 g/mol. The minimum Gasteiger partial charge on any atom is -0.481 e. The summed E-state index contributed by atoms with van der Waals surface area (Å²) in [5.74, 6) is -0.778. The van der Waals surface area contributed by atoms with Crippen molar-refractivity contribution in [3.05, 3.63) is 29.8 Å². The van der Waals surface area contributed by atoms with Gasteiger partial charge in [-0.05, 0) is 43.4 Å². The molecule has 1 aromatic rings. The Balaban J connectivity index is 2.44. The van der Waals surface area contributed by atoms with E-state index in [2.05, 4.69) is 19.1 Å². The van der Waals surface area contributed by atoms with E-state index in [1.54, 1.807) is 11.9 Å². The Morgan fingerprint density at radius 3 is 2.24 bits per heavy atom. The van der Waals surface area contributed by atoms with Crippen LogP contribution in [0.3, 0.4) is 0 Å². The van der Waals surface area contributed by atoms with Crippen LogP contribution >= 0.6 is 0 Å². The zero-order valence-corrected chi connectivity index (χ0v) is 13.0. The fraction of sp³-hybridized carbons (Fsp3) is 0.529. The largest absolute Gasteiger partial charge is 0.481 e. The van der Waals surface area contributed by atoms with Gasteiger partial charge in [-0.25, -0.2) is 0 Å². The first-order valence-electron chi connectivity index (χ1n) is 7.62. The first-order chi connectivity index (χ1) is 10.0. The molecule has 0 aromatic heterocycles. The minimum atomic E-state index is -0.807. The summed E-state index contributed by atoms with van der Waals surface area (Å²) in [6.07, 6.45) is 5.11. The first-order valence-corrected chi connectivity index (χ1v) is 7.62. The second-order valence-corrected chi connectivity index (χ2v) is 5.32. The van der Waals surface area contributed by atoms with Crippen LogP contribution in [0.1, 0.15) is 51.0 Å². The third-order valence-electron chi connectivity index (χ3n) is 3.55. The van der Waals surface area contributed by atoms with E-state index in [9.17, 15) is 9.59 Å². The molecule has 116 valence electrons. The molecule has 1 amide bonds. The number of unbranched alkanes of at least 4 members (excludes halogenated alkanes) is 2. The van der Waals surface area contributed by atoms with E-state index in [1.807, 2.05) is 12.1 Å². The summed E-state index contributed by atoms with van der Waals surface area (Å²) in [5.41, 5.74) is 2.18. The van der Waals surface area contributed by atoms with Crippen LogP contribution in [0.4, 0.5) is 5.69 Å². The standard InChI is InChI=1S/C17H25NO3/c1-3-4-7-14-10-12-15(13-11-14)18(2)16(19)8-5-6-9-17(20)21/h10-13H,3-9H2,1-2H3,(H,20,21). The van der Waals surface area contributed by atoms with Crippen molar-refractivity contribution in [2.24, 2.45) is 0 Å². The summed E-state index contributed by atoms with van der Waals surface area (Å²) >= 11 is 0. The van der Waals surface area contributed by atoms with Gasteiger partial charge >= 0.3 is 5.97 Å². The van der Waals surface area contributed by atoms with Gasteiger partial charge in [-0.1, -0.05) is 25.5 Å². The molecule has 0 fully saturated rings. The maximum Gasteiger partial charge on any atom is 0.303 e. The van der Waals surface area contributed by atoms with Gasteiger partial charge < -0.3 is 10.0 Å². The summed E-state index contributed by atoms with van der Waals surface area (Å²) in [5, 5.41) is 8.56. The Morgan fingerprint density at radius 2 is 1.67 bits per heavy atom. The zero-order valence-electron chi connectivity index (χ0n) is 13.0. The number of carbonyl (C=O) groups excluding carboxylic acids is 1. The molecule has 1 rings (SSSR count). The fourth-order valence-electron chi connectivity index (χ4n) is 2.13. The average Bonchev–Trinajstić information content (AvgIpc) is 2.49. The number of carboxylic acid groups (broad SMARTS) is 1. The molecular formula is C17H25NO3. The van der Waals surface area contributed by atoms with E-state index in [0.29, 0.717) is 19.3 Å². The second kappa shape index (κ2) is 9.16. The third-order valence-corrected chi connectivity index (χ3v) is 3.55. The predicted molar refractivity (Wildman–Crippen MR) is 84.6 cm³/mol. The van der Waals surface area contributed by atoms with Crippen molar-refractivity contribution in [1.82, 2.24) is 0 Å². The first kappa shape index (κ1) is 17.2. The normalized spacial score (nSPS) is 10.4. The van der Waals surface area contributed by atoms with E-state index in [0.717, 1.165) is 12.1 Å². The second-order valence-electron chi connectivity index (χ2n) is 5.32. The fourth-order valence-corrected chi connectivity index (χ4v) is 2.13. The average molecular weight is 291 g/mol. The highest BCUT2D eigenvalue weighted by atomic mass is 16.4. The summed E-state index contributed by atoms with van der Waals surface area (Å²) in [6.45, 7) is 2.17. The molecule has 0 radical (unpaired) electrons. The van der Waals surface area contributed by atoms with Gasteiger partial charge in [-0.3, -0.25) is 9.59 Å². The highest BCUT2D eigenvalue weighted by Crippen LogP contribution is 2.17. The predicted octanol–water partition coefficient (Wildman–Crippen LogP) is 3.64. The number of aryl methyl sites for hydroxylation is 1. The highest BCUT2D eigenvalue weighted by molar-refractivity contribution is 5.92. The molecule has 0 spiro atoms. The molecule has 0 unspecified atom stereocenters. The van der Waals surface area contributed by atoms with Crippen LogP contribution in [0.15, 0.2) is 24.3 Å². The number of carbonyl (C=O) groups is 2. The number of carboxylic acids is 1. The van der Waals surface area contributed by atoms with Crippen LogP contribution < -0.4 is 4.90 Å². The number of hydrogen-bond donors (Lipinski definition) is 1. The smallest absolute Gasteiger partial charge is 0.303 e. The molecule has 4 nitrogen and oxygen atoms in total. The number of amides is 1. The molecule has 1 N–H and O–H groups in total. The lowest BCUT2D eigenvalue weighted by Gasteiger charge is -2.17. The lowest BCUT2D eigenvalue weighted by molar-refractivity contribution is -0.137. The maximum atomic E-state index is 12.0. The summed E-state index contributed by atoms with van der Waals surface area (Å²) < 4.78 is 0. The van der Waals surface area contributed by atoms with Crippen molar-refractivity contribution in [2.75, 3.05) is 11.9 Å². The highest BCUT2D eigenvalue weighted by Gasteiger charge is 2.10. The third kappa shape index (κ3) is 6.43. The van der Waals surface area contributed by atoms with Gasteiger partial charge in [0.2, 0.25) is 5.91 Å². The molecule has 0 aliphatic carbocycles. The molecule has 0 aliphatic heterocycles. The summed E-state index contributed by atoms with van der Waals surface area (Å²) in [4.78, 5) is 24.1. The number of anilines is 1. The summed E-state index contributed by atoms with van der Waals surface area (Å²) in [6, 6.07) is 8.08. The van der Waals surface area contributed by atoms with Gasteiger partial charge in [0.25, 0.3) is 0 Å². The number of rotatable bonds is 9. The number of aliphatic carboxylic acids is 1. The topological polar surface area (TPSA) is 57.6 Å². The van der Waals surface area contributed by atoms with Gasteiger partial charge in [0.05, 0.1) is 0 Å². The number of benzene rings is 1. The van der Waals surface area contributed by atoms with Crippen molar-refractivity contribution in [2.45, 2.75) is 51.9 Å². The Bertz CT molecular complexity index is 454. The van der Waals surface area contributed by atoms with Gasteiger partial charge in [0.1, 0.15) is 0 Å². The van der Waals surface area contributed by atoms with Gasteiger partial charge in [-0.15, -0.1) is 0 Å². The Morgan fingerprint density at radius 1 is 1.05 bits per heavy atom. The van der Waals surface area contributed by atoms with E-state index < -0.39 is 5.97 Å². The van der Waals surface area contributed by atoms with Crippen molar-refractivity contribution in [1.29, 1.82) is 0 Å². The summed E-state index contributed by atoms with van der Waals surface area (Å²) in [7, 11) is 1.76. The van der Waals surface area contributed by atoms with Crippen molar-refractivity contribution < 1.29 is 14.7 Å². The molecule has 0 saturated carbocycles. The van der Waals surface area contributed by atoms with Gasteiger partial charge in [-0.2, -0.15) is 0 Å².